The van der Waals surface area contributed by atoms with Crippen LogP contribution in [0.15, 0.2) is 194 Å². The van der Waals surface area contributed by atoms with Gasteiger partial charge in [0.25, 0.3) is 0 Å². The molecule has 250 valence electrons. The molecule has 0 bridgehead atoms. The molecule has 0 aliphatic rings. The molecule has 0 aliphatic carbocycles. The maximum absolute atomic E-state index is 2.52. The van der Waals surface area contributed by atoms with Crippen molar-refractivity contribution < 1.29 is 24.8 Å². The molecule has 7 rings (SSSR count). The predicted octanol–water partition coefficient (Wildman–Crippen LogP) is 3.30. The van der Waals surface area contributed by atoms with Crippen molar-refractivity contribution in [1.82, 2.24) is 0 Å². The second-order valence-electron chi connectivity index (χ2n) is 12.7. The van der Waals surface area contributed by atoms with Crippen molar-refractivity contribution in [3.63, 3.8) is 0 Å². The Balaban J connectivity index is 0.00000243. The molecule has 0 saturated carbocycles. The molecule has 0 radical (unpaired) electrons. The molecule has 0 nitrogen and oxygen atoms in total. The van der Waals surface area contributed by atoms with Gasteiger partial charge in [-0.1, -0.05) is 121 Å². The summed E-state index contributed by atoms with van der Waals surface area (Å²) in [5.74, 6) is 0. The molecule has 0 heterocycles. The van der Waals surface area contributed by atoms with Crippen LogP contribution in [0.5, 0.6) is 0 Å². The van der Waals surface area contributed by atoms with E-state index < -0.39 is 14.5 Å². The molecule has 0 unspecified atom stereocenters. The van der Waals surface area contributed by atoms with Crippen molar-refractivity contribution in [2.45, 2.75) is 26.2 Å². The SMILES string of the molecule is Cc1cc(C[P+](c2ccccc2)(c2ccccc2)c2ccccc2)c(C[P+](c2ccccc2)(c2ccccc2)c2ccccc2)cc1C.[Cl-].[Cl-]. The van der Waals surface area contributed by atoms with Gasteiger partial charge in [-0.25, -0.2) is 0 Å². The minimum atomic E-state index is -2.11. The van der Waals surface area contributed by atoms with Crippen LogP contribution < -0.4 is 56.6 Å². The molecule has 7 aromatic rings. The standard InChI is InChI=1S/C46H42P2.2ClH/c1-37-33-39(35-47(41-21-9-3-10-22-41,42-23-11-4-12-24-42)43-25-13-5-14-26-43)40(34-38(37)2)36-48(44-27-15-6-16-28-44,45-29-17-7-18-30-45)46-31-19-8-20-32-46;;/h3-34H,35-36H2,1-2H3;2*1H/q+2;;/p-2. The summed E-state index contributed by atoms with van der Waals surface area (Å²) >= 11 is 0. The van der Waals surface area contributed by atoms with Crippen LogP contribution in [-0.4, -0.2) is 0 Å². The highest BCUT2D eigenvalue weighted by atomic mass is 35.5. The minimum absolute atomic E-state index is 0. The van der Waals surface area contributed by atoms with E-state index in [1.165, 1.54) is 54.1 Å². The van der Waals surface area contributed by atoms with Gasteiger partial charge in [-0.15, -0.1) is 0 Å². The van der Waals surface area contributed by atoms with E-state index in [9.17, 15) is 0 Å². The van der Waals surface area contributed by atoms with Crippen molar-refractivity contribution in [1.29, 1.82) is 0 Å². The van der Waals surface area contributed by atoms with Crippen LogP contribution in [0.1, 0.15) is 22.3 Å². The first-order valence-electron chi connectivity index (χ1n) is 16.8. The number of hydrogen-bond acceptors (Lipinski definition) is 0. The van der Waals surface area contributed by atoms with E-state index in [4.69, 9.17) is 0 Å². The normalized spacial score (nSPS) is 11.2. The predicted molar refractivity (Wildman–Crippen MR) is 214 cm³/mol. The zero-order valence-corrected chi connectivity index (χ0v) is 31.8. The maximum Gasteiger partial charge on any atom is 0.116 e. The van der Waals surface area contributed by atoms with Gasteiger partial charge in [0.1, 0.15) is 46.4 Å². The fourth-order valence-electron chi connectivity index (χ4n) is 7.28. The number of hydrogen-bond donors (Lipinski definition) is 0. The smallest absolute Gasteiger partial charge is 0.116 e. The summed E-state index contributed by atoms with van der Waals surface area (Å²) in [6, 6.07) is 72.9. The van der Waals surface area contributed by atoms with Gasteiger partial charge in [0.15, 0.2) is 0 Å². The second kappa shape index (κ2) is 16.8. The summed E-state index contributed by atoms with van der Waals surface area (Å²) in [5, 5.41) is 8.51. The Bertz CT molecular complexity index is 1720. The summed E-state index contributed by atoms with van der Waals surface area (Å²) in [7, 11) is -4.21. The molecule has 0 fully saturated rings. The number of rotatable bonds is 10. The Morgan fingerprint density at radius 3 is 0.660 bits per heavy atom. The van der Waals surface area contributed by atoms with Gasteiger partial charge in [-0.2, -0.15) is 0 Å². The quantitative estimate of drug-likeness (QED) is 0.190. The zero-order valence-electron chi connectivity index (χ0n) is 28.5. The monoisotopic (exact) mass is 726 g/mol. The summed E-state index contributed by atoms with van der Waals surface area (Å²) in [5.41, 5.74) is 5.61. The highest BCUT2D eigenvalue weighted by Crippen LogP contribution is 2.62. The highest BCUT2D eigenvalue weighted by Gasteiger charge is 2.49. The molecule has 4 heteroatoms. The Morgan fingerprint density at radius 2 is 0.480 bits per heavy atom. The Morgan fingerprint density at radius 1 is 0.300 bits per heavy atom. The highest BCUT2D eigenvalue weighted by molar-refractivity contribution is 7.95. The van der Waals surface area contributed by atoms with Crippen LogP contribution >= 0.6 is 14.5 Å². The van der Waals surface area contributed by atoms with Crippen LogP contribution in [0.25, 0.3) is 0 Å². The van der Waals surface area contributed by atoms with E-state index in [0.717, 1.165) is 12.3 Å². The molecule has 0 aromatic heterocycles. The van der Waals surface area contributed by atoms with Gasteiger partial charge >= 0.3 is 0 Å². The largest absolute Gasteiger partial charge is 1.00 e. The van der Waals surface area contributed by atoms with Crippen LogP contribution in [0.4, 0.5) is 0 Å². The first kappa shape index (κ1) is 37.2. The molecular formula is C46H42Cl2P2. The number of aryl methyl sites for hydroxylation is 2. The molecule has 0 spiro atoms. The van der Waals surface area contributed by atoms with Gasteiger partial charge in [0, 0.05) is 0 Å². The van der Waals surface area contributed by atoms with Crippen molar-refractivity contribution in [2.24, 2.45) is 0 Å². The maximum atomic E-state index is 2.52. The molecule has 0 amide bonds. The average Bonchev–Trinajstić information content (AvgIpc) is 3.16. The summed E-state index contributed by atoms with van der Waals surface area (Å²) < 4.78 is 0. The van der Waals surface area contributed by atoms with Crippen molar-refractivity contribution in [2.75, 3.05) is 0 Å². The second-order valence-corrected chi connectivity index (χ2v) is 19.6. The van der Waals surface area contributed by atoms with E-state index >= 15 is 0 Å². The Kier molecular flexibility index (Phi) is 12.5. The summed E-state index contributed by atoms with van der Waals surface area (Å²) in [6.45, 7) is 4.56. The fraction of sp³-hybridized carbons (Fsp3) is 0.0870. The average molecular weight is 728 g/mol. The fourth-order valence-corrected chi connectivity index (χ4v) is 15.9. The van der Waals surface area contributed by atoms with Crippen LogP contribution in [-0.2, 0) is 12.3 Å². The topological polar surface area (TPSA) is 0 Å². The Hall–Kier alpha value is -4.02. The van der Waals surface area contributed by atoms with E-state index in [1.54, 1.807) is 0 Å². The lowest BCUT2D eigenvalue weighted by molar-refractivity contribution is -0.00100. The van der Waals surface area contributed by atoms with Gasteiger partial charge < -0.3 is 24.8 Å². The number of benzene rings is 7. The summed E-state index contributed by atoms with van der Waals surface area (Å²) in [4.78, 5) is 0. The zero-order chi connectivity index (χ0) is 32.8. The third-order valence-electron chi connectivity index (χ3n) is 9.81. The molecule has 0 saturated heterocycles. The van der Waals surface area contributed by atoms with E-state index in [-0.39, 0.29) is 24.8 Å². The van der Waals surface area contributed by atoms with Gasteiger partial charge in [0.2, 0.25) is 0 Å². The van der Waals surface area contributed by atoms with Crippen LogP contribution in [0.2, 0.25) is 0 Å². The first-order valence-corrected chi connectivity index (χ1v) is 20.7. The lowest BCUT2D eigenvalue weighted by atomic mass is 10.0. The van der Waals surface area contributed by atoms with Gasteiger partial charge in [0.05, 0.1) is 12.3 Å². The molecule has 7 aromatic carbocycles. The van der Waals surface area contributed by atoms with Crippen LogP contribution in [0, 0.1) is 13.8 Å². The lowest BCUT2D eigenvalue weighted by Gasteiger charge is -2.31. The van der Waals surface area contributed by atoms with E-state index in [2.05, 4.69) is 208 Å². The number of halogens is 2. The first-order chi connectivity index (χ1) is 23.6. The Labute approximate surface area is 312 Å². The van der Waals surface area contributed by atoms with Crippen LogP contribution in [0.3, 0.4) is 0 Å². The third kappa shape index (κ3) is 7.23. The summed E-state index contributed by atoms with van der Waals surface area (Å²) in [6.07, 6.45) is 1.92. The van der Waals surface area contributed by atoms with Crippen molar-refractivity contribution in [3.8, 4) is 0 Å². The third-order valence-corrected chi connectivity index (χ3v) is 18.5. The van der Waals surface area contributed by atoms with Crippen molar-refractivity contribution >= 4 is 46.4 Å². The molecular weight excluding hydrogens is 685 g/mol. The molecule has 0 atom stereocenters. The van der Waals surface area contributed by atoms with E-state index in [1.807, 2.05) is 0 Å². The van der Waals surface area contributed by atoms with Gasteiger partial charge in [-0.05, 0) is 109 Å². The molecule has 50 heavy (non-hydrogen) atoms. The minimum Gasteiger partial charge on any atom is -1.00 e. The lowest BCUT2D eigenvalue weighted by Crippen LogP contribution is -3.00. The van der Waals surface area contributed by atoms with Crippen molar-refractivity contribution in [3.05, 3.63) is 216 Å². The molecule has 0 N–H and O–H groups in total. The van der Waals surface area contributed by atoms with E-state index in [0.29, 0.717) is 0 Å². The van der Waals surface area contributed by atoms with Gasteiger partial charge in [-0.3, -0.25) is 0 Å². The molecule has 0 aliphatic heterocycles.